The lowest BCUT2D eigenvalue weighted by atomic mass is 10.1. The number of carbonyl (C=O) groups is 1. The smallest absolute Gasteiger partial charge is 0.471 e. The van der Waals surface area contributed by atoms with E-state index in [1.54, 1.807) is 5.32 Å². The molecule has 118 valence electrons. The van der Waals surface area contributed by atoms with Crippen molar-refractivity contribution in [2.24, 2.45) is 0 Å². The molecular formula is C12H12F5NO3. The van der Waals surface area contributed by atoms with Crippen molar-refractivity contribution in [3.8, 4) is 11.5 Å². The zero-order chi connectivity index (χ0) is 16.0. The summed E-state index contributed by atoms with van der Waals surface area (Å²) in [6, 6.07) is 3.95. The first-order valence-electron chi connectivity index (χ1n) is 5.70. The molecule has 0 aliphatic carbocycles. The van der Waals surface area contributed by atoms with Crippen LogP contribution in [0.5, 0.6) is 11.5 Å². The maximum atomic E-state index is 12.1. The second-order valence-corrected chi connectivity index (χ2v) is 3.87. The van der Waals surface area contributed by atoms with Crippen LogP contribution in [0.4, 0.5) is 22.0 Å². The monoisotopic (exact) mass is 313 g/mol. The normalized spacial score (nSPS) is 11.4. The molecule has 1 aromatic rings. The van der Waals surface area contributed by atoms with Crippen LogP contribution in [0.1, 0.15) is 5.56 Å². The lowest BCUT2D eigenvalue weighted by molar-refractivity contribution is -0.173. The summed E-state index contributed by atoms with van der Waals surface area (Å²) in [5, 5.41) is 1.70. The van der Waals surface area contributed by atoms with E-state index in [9.17, 15) is 26.7 Å². The Morgan fingerprint density at radius 3 is 2.48 bits per heavy atom. The molecule has 1 rings (SSSR count). The first kappa shape index (κ1) is 17.0. The minimum Gasteiger partial charge on any atom is -0.493 e. The second-order valence-electron chi connectivity index (χ2n) is 3.87. The Kier molecular flexibility index (Phi) is 5.74. The Bertz CT molecular complexity index is 490. The minimum atomic E-state index is -4.94. The summed E-state index contributed by atoms with van der Waals surface area (Å²) in [4.78, 5) is 10.6. The van der Waals surface area contributed by atoms with Crippen LogP contribution in [0.25, 0.3) is 0 Å². The summed E-state index contributed by atoms with van der Waals surface area (Å²) < 4.78 is 69.1. The highest BCUT2D eigenvalue weighted by Crippen LogP contribution is 2.29. The van der Waals surface area contributed by atoms with E-state index in [1.807, 2.05) is 0 Å². The van der Waals surface area contributed by atoms with Crippen LogP contribution < -0.4 is 14.8 Å². The van der Waals surface area contributed by atoms with Crippen molar-refractivity contribution in [3.05, 3.63) is 23.8 Å². The number of hydrogen-bond donors (Lipinski definition) is 1. The molecule has 9 heteroatoms. The van der Waals surface area contributed by atoms with Gasteiger partial charge in [0.15, 0.2) is 11.5 Å². The molecule has 0 aliphatic heterocycles. The fraction of sp³-hybridized carbons (Fsp3) is 0.417. The quantitative estimate of drug-likeness (QED) is 0.821. The van der Waals surface area contributed by atoms with Crippen molar-refractivity contribution >= 4 is 5.91 Å². The fourth-order valence-corrected chi connectivity index (χ4v) is 1.48. The molecule has 0 saturated carbocycles. The number of amides is 1. The van der Waals surface area contributed by atoms with Gasteiger partial charge in [-0.25, -0.2) is 0 Å². The van der Waals surface area contributed by atoms with Gasteiger partial charge in [-0.15, -0.1) is 0 Å². The molecule has 4 nitrogen and oxygen atoms in total. The van der Waals surface area contributed by atoms with Gasteiger partial charge >= 0.3 is 18.7 Å². The van der Waals surface area contributed by atoms with E-state index < -0.39 is 18.7 Å². The number of ether oxygens (including phenoxy) is 2. The topological polar surface area (TPSA) is 47.6 Å². The van der Waals surface area contributed by atoms with E-state index in [4.69, 9.17) is 4.74 Å². The van der Waals surface area contributed by atoms with Crippen LogP contribution in [0.2, 0.25) is 0 Å². The first-order valence-corrected chi connectivity index (χ1v) is 5.70. The summed E-state index contributed by atoms with van der Waals surface area (Å²) in [7, 11) is 1.24. The van der Waals surface area contributed by atoms with Gasteiger partial charge < -0.3 is 14.8 Å². The van der Waals surface area contributed by atoms with Crippen molar-refractivity contribution in [2.45, 2.75) is 19.2 Å². The molecule has 0 aliphatic rings. The van der Waals surface area contributed by atoms with Crippen LogP contribution in [0.3, 0.4) is 0 Å². The SMILES string of the molecule is COc1cc(CCNC(=O)C(F)(F)F)ccc1OC(F)F. The van der Waals surface area contributed by atoms with E-state index in [0.717, 1.165) is 0 Å². The molecule has 0 aromatic heterocycles. The van der Waals surface area contributed by atoms with Crippen molar-refractivity contribution in [1.29, 1.82) is 0 Å². The van der Waals surface area contributed by atoms with Gasteiger partial charge in [0, 0.05) is 6.54 Å². The van der Waals surface area contributed by atoms with Gasteiger partial charge in [-0.3, -0.25) is 4.79 Å². The Morgan fingerprint density at radius 2 is 1.95 bits per heavy atom. The molecule has 0 unspecified atom stereocenters. The molecule has 0 radical (unpaired) electrons. The molecular weight excluding hydrogens is 301 g/mol. The summed E-state index contributed by atoms with van der Waals surface area (Å²) in [6.07, 6.45) is -4.86. The molecule has 21 heavy (non-hydrogen) atoms. The predicted molar refractivity (Wildman–Crippen MR) is 62.4 cm³/mol. The number of alkyl halides is 5. The van der Waals surface area contributed by atoms with Gasteiger partial charge in [0.25, 0.3) is 0 Å². The number of carbonyl (C=O) groups excluding carboxylic acids is 1. The number of rotatable bonds is 6. The van der Waals surface area contributed by atoms with Gasteiger partial charge in [-0.05, 0) is 24.1 Å². The molecule has 0 atom stereocenters. The van der Waals surface area contributed by atoms with Gasteiger partial charge in [0.2, 0.25) is 0 Å². The van der Waals surface area contributed by atoms with Crippen LogP contribution in [0, 0.1) is 0 Å². The lowest BCUT2D eigenvalue weighted by Crippen LogP contribution is -2.37. The number of nitrogens with one attached hydrogen (secondary N) is 1. The number of hydrogen-bond acceptors (Lipinski definition) is 3. The summed E-state index contributed by atoms with van der Waals surface area (Å²) in [5.74, 6) is -2.20. The van der Waals surface area contributed by atoms with Crippen LogP contribution in [0.15, 0.2) is 18.2 Å². The van der Waals surface area contributed by atoms with Gasteiger partial charge in [0.05, 0.1) is 7.11 Å². The average molecular weight is 313 g/mol. The largest absolute Gasteiger partial charge is 0.493 e. The molecule has 1 amide bonds. The molecule has 0 bridgehead atoms. The first-order chi connectivity index (χ1) is 9.74. The van der Waals surface area contributed by atoms with Crippen molar-refractivity contribution < 1.29 is 36.2 Å². The molecule has 1 aromatic carbocycles. The molecule has 0 fully saturated rings. The Morgan fingerprint density at radius 1 is 1.29 bits per heavy atom. The minimum absolute atomic E-state index is 0.0231. The van der Waals surface area contributed by atoms with E-state index in [2.05, 4.69) is 4.74 Å². The molecule has 1 N–H and O–H groups in total. The Labute approximate surface area is 116 Å². The molecule has 0 heterocycles. The Hall–Kier alpha value is -2.06. The summed E-state index contributed by atoms with van der Waals surface area (Å²) >= 11 is 0. The standard InChI is InChI=1S/C12H12F5NO3/c1-20-9-6-7(2-3-8(9)21-11(13)14)4-5-18-10(19)12(15,16)17/h2-3,6,11H,4-5H2,1H3,(H,18,19). The molecule has 0 saturated heterocycles. The van der Waals surface area contributed by atoms with Gasteiger partial charge in [-0.1, -0.05) is 6.07 Å². The predicted octanol–water partition coefficient (Wildman–Crippen LogP) is 2.52. The van der Waals surface area contributed by atoms with Crippen molar-refractivity contribution in [2.75, 3.05) is 13.7 Å². The van der Waals surface area contributed by atoms with Crippen molar-refractivity contribution in [3.63, 3.8) is 0 Å². The van der Waals surface area contributed by atoms with Crippen LogP contribution >= 0.6 is 0 Å². The van der Waals surface area contributed by atoms with E-state index >= 15 is 0 Å². The van der Waals surface area contributed by atoms with Crippen LogP contribution in [-0.4, -0.2) is 32.3 Å². The van der Waals surface area contributed by atoms with Crippen molar-refractivity contribution in [1.82, 2.24) is 5.32 Å². The van der Waals surface area contributed by atoms with E-state index in [0.29, 0.717) is 5.56 Å². The van der Waals surface area contributed by atoms with Crippen LogP contribution in [-0.2, 0) is 11.2 Å². The molecule has 0 spiro atoms. The highest BCUT2D eigenvalue weighted by Gasteiger charge is 2.38. The number of benzene rings is 1. The fourth-order valence-electron chi connectivity index (χ4n) is 1.48. The third kappa shape index (κ3) is 5.44. The van der Waals surface area contributed by atoms with E-state index in [-0.39, 0.29) is 24.5 Å². The van der Waals surface area contributed by atoms with Gasteiger partial charge in [0.1, 0.15) is 0 Å². The maximum absolute atomic E-state index is 12.1. The van der Waals surface area contributed by atoms with Gasteiger partial charge in [-0.2, -0.15) is 22.0 Å². The number of methoxy groups -OCH3 is 1. The maximum Gasteiger partial charge on any atom is 0.471 e. The lowest BCUT2D eigenvalue weighted by Gasteiger charge is -2.12. The Balaban J connectivity index is 2.63. The zero-order valence-corrected chi connectivity index (χ0v) is 10.8. The highest BCUT2D eigenvalue weighted by atomic mass is 19.4. The average Bonchev–Trinajstić information content (AvgIpc) is 2.38. The second kappa shape index (κ2) is 7.09. The third-order valence-electron chi connectivity index (χ3n) is 2.40. The summed E-state index contributed by atoms with van der Waals surface area (Å²) in [5.41, 5.74) is 0.496. The zero-order valence-electron chi connectivity index (χ0n) is 10.8. The highest BCUT2D eigenvalue weighted by molar-refractivity contribution is 5.81. The van der Waals surface area contributed by atoms with E-state index in [1.165, 1.54) is 25.3 Å². The summed E-state index contributed by atoms with van der Waals surface area (Å²) in [6.45, 7) is -3.27. The third-order valence-corrected chi connectivity index (χ3v) is 2.40. The number of halogens is 5.